The van der Waals surface area contributed by atoms with Gasteiger partial charge in [-0.05, 0) is 91.9 Å². The van der Waals surface area contributed by atoms with Gasteiger partial charge >= 0.3 is 0 Å². The number of hydrogen-bond donors (Lipinski definition) is 1. The van der Waals surface area contributed by atoms with Crippen LogP contribution < -0.4 is 10.1 Å². The Labute approximate surface area is 205 Å². The van der Waals surface area contributed by atoms with Crippen molar-refractivity contribution in [3.63, 3.8) is 0 Å². The molecular formula is C28H29N3O2S. The van der Waals surface area contributed by atoms with Crippen molar-refractivity contribution in [1.29, 1.82) is 0 Å². The van der Waals surface area contributed by atoms with Gasteiger partial charge in [-0.25, -0.2) is 4.99 Å². The quantitative estimate of drug-likeness (QED) is 0.442. The summed E-state index contributed by atoms with van der Waals surface area (Å²) in [5.41, 5.74) is 8.96. The fraction of sp³-hybridized carbons (Fsp3) is 0.250. The summed E-state index contributed by atoms with van der Waals surface area (Å²) in [5.74, 6) is 1.04. The lowest BCUT2D eigenvalue weighted by Crippen LogP contribution is -2.17. The van der Waals surface area contributed by atoms with Crippen LogP contribution in [0.4, 0.5) is 17.1 Å². The number of methoxy groups -OCH3 is 1. The molecule has 0 aliphatic carbocycles. The van der Waals surface area contributed by atoms with Gasteiger partial charge in [0.2, 0.25) is 5.91 Å². The summed E-state index contributed by atoms with van der Waals surface area (Å²) in [5, 5.41) is 3.93. The number of fused-ring (bicyclic) bond motifs is 1. The Hall–Kier alpha value is -3.38. The van der Waals surface area contributed by atoms with Crippen molar-refractivity contribution >= 4 is 45.5 Å². The molecule has 3 aromatic carbocycles. The predicted molar refractivity (Wildman–Crippen MR) is 144 cm³/mol. The molecule has 1 heterocycles. The molecule has 4 rings (SSSR count). The lowest BCUT2D eigenvalue weighted by Gasteiger charge is -2.12. The average molecular weight is 472 g/mol. The van der Waals surface area contributed by atoms with Crippen LogP contribution in [-0.4, -0.2) is 29.5 Å². The minimum atomic E-state index is -0.0439. The van der Waals surface area contributed by atoms with E-state index in [2.05, 4.69) is 31.3 Å². The van der Waals surface area contributed by atoms with Crippen LogP contribution in [0.2, 0.25) is 0 Å². The molecule has 0 unspecified atom stereocenters. The zero-order chi connectivity index (χ0) is 24.2. The molecule has 1 aliphatic rings. The molecule has 1 N–H and O–H groups in total. The Morgan fingerprint density at radius 3 is 2.15 bits per heavy atom. The number of amides is 1. The van der Waals surface area contributed by atoms with Gasteiger partial charge in [-0.3, -0.25) is 9.79 Å². The zero-order valence-corrected chi connectivity index (χ0v) is 21.0. The van der Waals surface area contributed by atoms with Crippen LogP contribution >= 0.6 is 11.8 Å². The molecule has 0 atom stereocenters. The van der Waals surface area contributed by atoms with Crippen molar-refractivity contribution in [2.45, 2.75) is 34.1 Å². The van der Waals surface area contributed by atoms with Crippen molar-refractivity contribution in [3.05, 3.63) is 82.4 Å². The molecule has 0 saturated heterocycles. The molecule has 3 aromatic rings. The van der Waals surface area contributed by atoms with E-state index in [0.29, 0.717) is 6.42 Å². The average Bonchev–Trinajstić information content (AvgIpc) is 2.99. The maximum atomic E-state index is 12.8. The summed E-state index contributed by atoms with van der Waals surface area (Å²) in [6, 6.07) is 18.1. The highest BCUT2D eigenvalue weighted by atomic mass is 32.2. The van der Waals surface area contributed by atoms with Crippen LogP contribution in [-0.2, 0) is 4.79 Å². The van der Waals surface area contributed by atoms with Gasteiger partial charge in [0.25, 0.3) is 0 Å². The first-order chi connectivity index (χ1) is 16.3. The molecule has 1 aliphatic heterocycles. The minimum absolute atomic E-state index is 0.0439. The number of rotatable bonds is 5. The van der Waals surface area contributed by atoms with Crippen LogP contribution in [0.3, 0.4) is 0 Å². The number of anilines is 1. The Balaban J connectivity index is 1.59. The van der Waals surface area contributed by atoms with E-state index in [4.69, 9.17) is 14.7 Å². The maximum Gasteiger partial charge on any atom is 0.234 e. The number of nitrogens with zero attached hydrogens (tertiary/aromatic N) is 2. The van der Waals surface area contributed by atoms with Crippen molar-refractivity contribution < 1.29 is 9.53 Å². The molecule has 0 saturated carbocycles. The number of thioether (sulfide) groups is 1. The number of aryl methyl sites for hydroxylation is 4. The van der Waals surface area contributed by atoms with Crippen molar-refractivity contribution in [2.24, 2.45) is 9.98 Å². The minimum Gasteiger partial charge on any atom is -0.497 e. The summed E-state index contributed by atoms with van der Waals surface area (Å²) in [6.07, 6.45) is 0.556. The lowest BCUT2D eigenvalue weighted by molar-refractivity contribution is -0.113. The van der Waals surface area contributed by atoms with E-state index in [1.165, 1.54) is 22.9 Å². The molecular weight excluding hydrogens is 442 g/mol. The second-order valence-electron chi connectivity index (χ2n) is 8.50. The molecule has 0 aromatic heterocycles. The van der Waals surface area contributed by atoms with Gasteiger partial charge in [0.05, 0.1) is 35.0 Å². The predicted octanol–water partition coefficient (Wildman–Crippen LogP) is 6.86. The van der Waals surface area contributed by atoms with E-state index in [9.17, 15) is 4.79 Å². The number of aliphatic imine (C=N–C) groups is 2. The van der Waals surface area contributed by atoms with Crippen LogP contribution in [0, 0.1) is 27.7 Å². The molecule has 0 bridgehead atoms. The van der Waals surface area contributed by atoms with Gasteiger partial charge in [0.15, 0.2) is 0 Å². The number of benzene rings is 3. The van der Waals surface area contributed by atoms with Crippen LogP contribution in [0.5, 0.6) is 5.75 Å². The monoisotopic (exact) mass is 471 g/mol. The first kappa shape index (κ1) is 23.8. The number of nitrogens with one attached hydrogen (secondary N) is 1. The standard InChI is InChI=1S/C28H29N3O2S/c1-17-7-6-8-18(2)28(17)31-26(32)16-34-27-15-23(21-9-11-22(33-5)12-10-21)29-24-13-19(3)20(4)14-25(24)30-27/h6-14H,15-16H2,1-5H3,(H,31,32). The Kier molecular flexibility index (Phi) is 7.17. The summed E-state index contributed by atoms with van der Waals surface area (Å²) >= 11 is 1.46. The maximum absolute atomic E-state index is 12.8. The van der Waals surface area contributed by atoms with Crippen molar-refractivity contribution in [3.8, 4) is 5.75 Å². The van der Waals surface area contributed by atoms with E-state index >= 15 is 0 Å². The molecule has 5 nitrogen and oxygen atoms in total. The van der Waals surface area contributed by atoms with E-state index in [-0.39, 0.29) is 11.7 Å². The highest BCUT2D eigenvalue weighted by Crippen LogP contribution is 2.36. The van der Waals surface area contributed by atoms with E-state index in [1.54, 1.807) is 7.11 Å². The molecule has 34 heavy (non-hydrogen) atoms. The number of carbonyl (C=O) groups is 1. The SMILES string of the molecule is COc1ccc(C2=Nc3cc(C)c(C)cc3N=C(SCC(=O)Nc3c(C)cccc3C)C2)cc1. The summed E-state index contributed by atoms with van der Waals surface area (Å²) in [4.78, 5) is 22.7. The molecule has 174 valence electrons. The molecule has 0 radical (unpaired) electrons. The smallest absolute Gasteiger partial charge is 0.234 e. The fourth-order valence-corrected chi connectivity index (χ4v) is 4.61. The van der Waals surface area contributed by atoms with Gasteiger partial charge in [-0.15, -0.1) is 11.8 Å². The third-order valence-electron chi connectivity index (χ3n) is 5.95. The van der Waals surface area contributed by atoms with E-state index in [0.717, 1.165) is 50.3 Å². The number of hydrogen-bond acceptors (Lipinski definition) is 5. The van der Waals surface area contributed by atoms with E-state index in [1.807, 2.05) is 56.3 Å². The lowest BCUT2D eigenvalue weighted by atomic mass is 10.1. The summed E-state index contributed by atoms with van der Waals surface area (Å²) in [7, 11) is 1.66. The van der Waals surface area contributed by atoms with Crippen LogP contribution in [0.1, 0.15) is 34.2 Å². The Bertz CT molecular complexity index is 1270. The number of ether oxygens (including phenoxy) is 1. The van der Waals surface area contributed by atoms with Crippen molar-refractivity contribution in [1.82, 2.24) is 0 Å². The summed E-state index contributed by atoms with van der Waals surface area (Å²) < 4.78 is 5.31. The Morgan fingerprint density at radius 2 is 1.53 bits per heavy atom. The van der Waals surface area contributed by atoms with Gasteiger partial charge in [0, 0.05) is 12.1 Å². The highest BCUT2D eigenvalue weighted by Gasteiger charge is 2.18. The van der Waals surface area contributed by atoms with Crippen LogP contribution in [0.25, 0.3) is 0 Å². The Morgan fingerprint density at radius 1 is 0.912 bits per heavy atom. The van der Waals surface area contributed by atoms with Gasteiger partial charge in [0.1, 0.15) is 5.75 Å². The topological polar surface area (TPSA) is 63.1 Å². The van der Waals surface area contributed by atoms with Gasteiger partial charge < -0.3 is 10.1 Å². The fourth-order valence-electron chi connectivity index (χ4n) is 3.84. The third kappa shape index (κ3) is 5.39. The van der Waals surface area contributed by atoms with Crippen LogP contribution in [0.15, 0.2) is 64.6 Å². The van der Waals surface area contributed by atoms with Gasteiger partial charge in [-0.1, -0.05) is 18.2 Å². The number of carbonyl (C=O) groups excluding carboxylic acids is 1. The molecule has 1 amide bonds. The molecule has 6 heteroatoms. The third-order valence-corrected chi connectivity index (χ3v) is 6.92. The van der Waals surface area contributed by atoms with E-state index < -0.39 is 0 Å². The van der Waals surface area contributed by atoms with Crippen molar-refractivity contribution in [2.75, 3.05) is 18.2 Å². The first-order valence-electron chi connectivity index (χ1n) is 11.2. The zero-order valence-electron chi connectivity index (χ0n) is 20.2. The normalized spacial score (nSPS) is 12.9. The molecule has 0 fully saturated rings. The first-order valence-corrected chi connectivity index (χ1v) is 12.2. The summed E-state index contributed by atoms with van der Waals surface area (Å²) in [6.45, 7) is 8.17. The highest BCUT2D eigenvalue weighted by molar-refractivity contribution is 8.14. The second-order valence-corrected chi connectivity index (χ2v) is 9.55. The van der Waals surface area contributed by atoms with Gasteiger partial charge in [-0.2, -0.15) is 0 Å². The molecule has 0 spiro atoms. The number of para-hydroxylation sites is 1. The second kappa shape index (κ2) is 10.3. The largest absolute Gasteiger partial charge is 0.497 e.